The molecule has 8 nitrogen and oxygen atoms in total. The minimum Gasteiger partial charge on any atom is -0.495 e. The van der Waals surface area contributed by atoms with E-state index in [1.54, 1.807) is 35.2 Å². The van der Waals surface area contributed by atoms with E-state index in [1.807, 2.05) is 0 Å². The first-order valence-electron chi connectivity index (χ1n) is 10.9. The predicted octanol–water partition coefficient (Wildman–Crippen LogP) is 3.51. The molecule has 2 heterocycles. The number of nitrogens with zero attached hydrogens (tertiary/aromatic N) is 2. The van der Waals surface area contributed by atoms with Gasteiger partial charge in [-0.3, -0.25) is 9.59 Å². The van der Waals surface area contributed by atoms with E-state index in [2.05, 4.69) is 5.32 Å². The van der Waals surface area contributed by atoms with Gasteiger partial charge in [-0.05, 0) is 61.7 Å². The fourth-order valence-electron chi connectivity index (χ4n) is 4.23. The number of hydrogen-bond donors (Lipinski definition) is 1. The molecule has 1 N–H and O–H groups in total. The van der Waals surface area contributed by atoms with Gasteiger partial charge in [0.25, 0.3) is 0 Å². The molecule has 0 radical (unpaired) electrons. The molecule has 0 spiro atoms. The van der Waals surface area contributed by atoms with Crippen molar-refractivity contribution in [3.8, 4) is 5.75 Å². The maximum Gasteiger partial charge on any atom is 0.246 e. The third kappa shape index (κ3) is 4.85. The van der Waals surface area contributed by atoms with Gasteiger partial charge in [0.1, 0.15) is 16.6 Å². The molecule has 0 aliphatic carbocycles. The van der Waals surface area contributed by atoms with Crippen molar-refractivity contribution < 1.29 is 22.7 Å². The summed E-state index contributed by atoms with van der Waals surface area (Å²) in [7, 11) is -2.36. The van der Waals surface area contributed by atoms with Crippen molar-refractivity contribution in [1.82, 2.24) is 4.31 Å². The minimum absolute atomic E-state index is 0.00485. The van der Waals surface area contributed by atoms with Crippen molar-refractivity contribution in [2.24, 2.45) is 5.92 Å². The Morgan fingerprint density at radius 1 is 1.06 bits per heavy atom. The number of anilines is 2. The number of carbonyl (C=O) groups excluding carboxylic acids is 2. The summed E-state index contributed by atoms with van der Waals surface area (Å²) in [5.41, 5.74) is 0.980. The number of sulfonamides is 1. The second kappa shape index (κ2) is 9.70. The molecular formula is C23H26ClN3O5S. The van der Waals surface area contributed by atoms with Crippen LogP contribution in [0.15, 0.2) is 47.4 Å². The van der Waals surface area contributed by atoms with Gasteiger partial charge in [0, 0.05) is 36.0 Å². The smallest absolute Gasteiger partial charge is 0.246 e. The lowest BCUT2D eigenvalue weighted by atomic mass is 10.1. The first-order valence-corrected chi connectivity index (χ1v) is 12.7. The van der Waals surface area contributed by atoms with E-state index in [9.17, 15) is 18.0 Å². The lowest BCUT2D eigenvalue weighted by Gasteiger charge is -2.26. The van der Waals surface area contributed by atoms with Crippen molar-refractivity contribution in [1.29, 1.82) is 0 Å². The number of methoxy groups -OCH3 is 1. The second-order valence-corrected chi connectivity index (χ2v) is 10.5. The van der Waals surface area contributed by atoms with Crippen LogP contribution in [0.5, 0.6) is 5.75 Å². The number of benzene rings is 2. The molecule has 0 bridgehead atoms. The van der Waals surface area contributed by atoms with Crippen molar-refractivity contribution >= 4 is 44.8 Å². The number of piperidine rings is 1. The third-order valence-corrected chi connectivity index (χ3v) is 8.20. The third-order valence-electron chi connectivity index (χ3n) is 6.02. The average Bonchev–Trinajstić information content (AvgIpc) is 3.21. The van der Waals surface area contributed by atoms with Crippen LogP contribution < -0.4 is 15.0 Å². The van der Waals surface area contributed by atoms with E-state index in [4.69, 9.17) is 16.3 Å². The monoisotopic (exact) mass is 491 g/mol. The van der Waals surface area contributed by atoms with Crippen LogP contribution in [0.4, 0.5) is 11.4 Å². The molecule has 2 aromatic carbocycles. The summed E-state index contributed by atoms with van der Waals surface area (Å²) in [5, 5.41) is 3.28. The average molecular weight is 492 g/mol. The van der Waals surface area contributed by atoms with E-state index >= 15 is 0 Å². The molecule has 2 aromatic rings. The zero-order valence-corrected chi connectivity index (χ0v) is 19.9. The van der Waals surface area contributed by atoms with Gasteiger partial charge in [0.05, 0.1) is 7.11 Å². The normalized spacial score (nSPS) is 19.5. The van der Waals surface area contributed by atoms with Crippen LogP contribution in [0.1, 0.15) is 25.7 Å². The Kier molecular flexibility index (Phi) is 6.92. The van der Waals surface area contributed by atoms with E-state index in [-0.39, 0.29) is 16.6 Å². The Bertz CT molecular complexity index is 1150. The molecule has 2 aliphatic rings. The highest BCUT2D eigenvalue weighted by molar-refractivity contribution is 7.89. The fraction of sp³-hybridized carbons (Fsp3) is 0.391. The van der Waals surface area contributed by atoms with E-state index < -0.39 is 21.8 Å². The standard InChI is InChI=1S/C23H26ClN3O5S/c1-32-20-10-7-17(15-21(20)33(30,31)26-12-3-2-4-13-26)25-22(28)19-11-14-27(23(19)29)18-8-5-16(24)6-9-18/h5-10,15,19H,2-4,11-14H2,1H3,(H,25,28). The summed E-state index contributed by atoms with van der Waals surface area (Å²) in [6.45, 7) is 1.33. The molecule has 2 saturated heterocycles. The van der Waals surface area contributed by atoms with Crippen LogP contribution in [0.25, 0.3) is 0 Å². The Labute approximate surface area is 198 Å². The maximum atomic E-state index is 13.2. The van der Waals surface area contributed by atoms with Crippen molar-refractivity contribution in [2.45, 2.75) is 30.6 Å². The van der Waals surface area contributed by atoms with Gasteiger partial charge in [-0.1, -0.05) is 18.0 Å². The van der Waals surface area contributed by atoms with Gasteiger partial charge in [-0.15, -0.1) is 0 Å². The number of hydrogen-bond acceptors (Lipinski definition) is 5. The molecule has 0 aromatic heterocycles. The van der Waals surface area contributed by atoms with Crippen LogP contribution in [0.3, 0.4) is 0 Å². The lowest BCUT2D eigenvalue weighted by molar-refractivity contribution is -0.129. The van der Waals surface area contributed by atoms with Crippen molar-refractivity contribution in [3.63, 3.8) is 0 Å². The lowest BCUT2D eigenvalue weighted by Crippen LogP contribution is -2.36. The quantitative estimate of drug-likeness (QED) is 0.624. The number of halogens is 1. The van der Waals surface area contributed by atoms with Crippen LogP contribution in [-0.2, 0) is 19.6 Å². The Morgan fingerprint density at radius 2 is 1.76 bits per heavy atom. The maximum absolute atomic E-state index is 13.2. The van der Waals surface area contributed by atoms with Gasteiger partial charge < -0.3 is 15.0 Å². The Morgan fingerprint density at radius 3 is 2.42 bits per heavy atom. The van der Waals surface area contributed by atoms with Gasteiger partial charge in [-0.25, -0.2) is 8.42 Å². The molecule has 10 heteroatoms. The molecular weight excluding hydrogens is 466 g/mol. The fourth-order valence-corrected chi connectivity index (χ4v) is 6.05. The van der Waals surface area contributed by atoms with E-state index in [1.165, 1.54) is 23.5 Å². The van der Waals surface area contributed by atoms with Crippen LogP contribution in [-0.4, -0.2) is 51.3 Å². The number of rotatable bonds is 6. The summed E-state index contributed by atoms with van der Waals surface area (Å²) in [6, 6.07) is 11.4. The van der Waals surface area contributed by atoms with Gasteiger partial charge >= 0.3 is 0 Å². The van der Waals surface area contributed by atoms with Crippen molar-refractivity contribution in [2.75, 3.05) is 37.0 Å². The Balaban J connectivity index is 1.52. The van der Waals surface area contributed by atoms with E-state index in [0.717, 1.165) is 19.3 Å². The first kappa shape index (κ1) is 23.5. The number of carbonyl (C=O) groups is 2. The van der Waals surface area contributed by atoms with E-state index in [0.29, 0.717) is 42.5 Å². The molecule has 4 rings (SSSR count). The van der Waals surface area contributed by atoms with Gasteiger partial charge in [0.15, 0.2) is 0 Å². The zero-order valence-electron chi connectivity index (χ0n) is 18.3. The topological polar surface area (TPSA) is 96.0 Å². The molecule has 33 heavy (non-hydrogen) atoms. The number of amides is 2. The summed E-state index contributed by atoms with van der Waals surface area (Å²) in [5.74, 6) is -1.41. The SMILES string of the molecule is COc1ccc(NC(=O)C2CCN(c3ccc(Cl)cc3)C2=O)cc1S(=O)(=O)N1CCCCC1. The van der Waals surface area contributed by atoms with Crippen molar-refractivity contribution in [3.05, 3.63) is 47.5 Å². The zero-order chi connectivity index (χ0) is 23.6. The summed E-state index contributed by atoms with van der Waals surface area (Å²) >= 11 is 5.92. The summed E-state index contributed by atoms with van der Waals surface area (Å²) < 4.78 is 33.1. The highest BCUT2D eigenvalue weighted by Crippen LogP contribution is 2.32. The summed E-state index contributed by atoms with van der Waals surface area (Å²) in [6.07, 6.45) is 2.99. The molecule has 2 fully saturated rings. The highest BCUT2D eigenvalue weighted by Gasteiger charge is 2.38. The van der Waals surface area contributed by atoms with Crippen LogP contribution in [0.2, 0.25) is 5.02 Å². The first-order chi connectivity index (χ1) is 15.8. The molecule has 2 aliphatic heterocycles. The Hall–Kier alpha value is -2.62. The highest BCUT2D eigenvalue weighted by atomic mass is 35.5. The number of nitrogens with one attached hydrogen (secondary N) is 1. The molecule has 1 unspecified atom stereocenters. The second-order valence-electron chi connectivity index (χ2n) is 8.13. The predicted molar refractivity (Wildman–Crippen MR) is 126 cm³/mol. The minimum atomic E-state index is -3.77. The summed E-state index contributed by atoms with van der Waals surface area (Å²) in [4.78, 5) is 27.3. The van der Waals surface area contributed by atoms with Gasteiger partial charge in [-0.2, -0.15) is 4.31 Å². The van der Waals surface area contributed by atoms with Crippen LogP contribution >= 0.6 is 11.6 Å². The van der Waals surface area contributed by atoms with Crippen LogP contribution in [0, 0.1) is 5.92 Å². The van der Waals surface area contributed by atoms with Gasteiger partial charge in [0.2, 0.25) is 21.8 Å². The molecule has 0 saturated carbocycles. The largest absolute Gasteiger partial charge is 0.495 e. The number of ether oxygens (including phenoxy) is 1. The molecule has 176 valence electrons. The molecule has 2 amide bonds. The molecule has 1 atom stereocenters.